The first-order valence-corrected chi connectivity index (χ1v) is 6.50. The molecule has 0 fully saturated rings. The van der Waals surface area contributed by atoms with Crippen molar-refractivity contribution in [3.05, 3.63) is 0 Å². The number of hydrogen-bond acceptors (Lipinski definition) is 2. The van der Waals surface area contributed by atoms with Gasteiger partial charge in [-0.15, -0.1) is 0 Å². The Bertz CT molecular complexity index is 172. The van der Waals surface area contributed by atoms with Crippen LogP contribution in [0.25, 0.3) is 0 Å². The van der Waals surface area contributed by atoms with E-state index in [4.69, 9.17) is 15.0 Å². The molecule has 0 aromatic rings. The summed E-state index contributed by atoms with van der Waals surface area (Å²) < 4.78 is 1.12. The average Bonchev–Trinajstić information content (AvgIpc) is 2.14. The van der Waals surface area contributed by atoms with Gasteiger partial charge in [-0.2, -0.15) is 0 Å². The van der Waals surface area contributed by atoms with Crippen molar-refractivity contribution in [1.29, 1.82) is 0 Å². The van der Waals surface area contributed by atoms with Crippen LogP contribution in [0.5, 0.6) is 0 Å². The van der Waals surface area contributed by atoms with Crippen molar-refractivity contribution in [2.45, 2.75) is 51.9 Å². The van der Waals surface area contributed by atoms with Gasteiger partial charge >= 0.3 is 0 Å². The predicted molar refractivity (Wildman–Crippen MR) is 68.9 cm³/mol. The number of rotatable bonds is 8. The second kappa shape index (κ2) is 11.7. The monoisotopic (exact) mass is 247 g/mol. The first-order valence-electron chi connectivity index (χ1n) is 6.50. The third kappa shape index (κ3) is 31.3. The molecule has 0 spiro atoms. The van der Waals surface area contributed by atoms with Gasteiger partial charge in [0, 0.05) is 0 Å². The predicted octanol–water partition coefficient (Wildman–Crippen LogP) is 2.33. The lowest BCUT2D eigenvalue weighted by Crippen LogP contribution is -2.35. The largest absolute Gasteiger partial charge is 0.565 e. The Morgan fingerprint density at radius 3 is 1.71 bits per heavy atom. The highest BCUT2D eigenvalue weighted by molar-refractivity contribution is 5.50. The van der Waals surface area contributed by atoms with Crippen molar-refractivity contribution in [3.63, 3.8) is 0 Å². The quantitative estimate of drug-likeness (QED) is 0.529. The van der Waals surface area contributed by atoms with Crippen LogP contribution in [0, 0.1) is 0 Å². The molecule has 0 aromatic heterocycles. The summed E-state index contributed by atoms with van der Waals surface area (Å²) in [4.78, 5) is 8.44. The second-order valence-corrected chi connectivity index (χ2v) is 5.40. The van der Waals surface area contributed by atoms with Crippen molar-refractivity contribution in [1.82, 2.24) is 0 Å². The third-order valence-electron chi connectivity index (χ3n) is 2.43. The van der Waals surface area contributed by atoms with Gasteiger partial charge < -0.3 is 19.5 Å². The van der Waals surface area contributed by atoms with Crippen molar-refractivity contribution in [2.75, 3.05) is 27.7 Å². The molecule has 0 rings (SSSR count). The van der Waals surface area contributed by atoms with E-state index < -0.39 is 6.16 Å². The van der Waals surface area contributed by atoms with E-state index in [-0.39, 0.29) is 0 Å². The highest BCUT2D eigenvalue weighted by Gasteiger charge is 2.04. The van der Waals surface area contributed by atoms with Crippen molar-refractivity contribution >= 4 is 6.16 Å². The van der Waals surface area contributed by atoms with Crippen LogP contribution in [0.2, 0.25) is 0 Å². The van der Waals surface area contributed by atoms with E-state index in [9.17, 15) is 0 Å². The molecule has 4 nitrogen and oxygen atoms in total. The molecule has 0 aromatic carbocycles. The van der Waals surface area contributed by atoms with E-state index in [1.54, 1.807) is 0 Å². The maximum Gasteiger partial charge on any atom is 0.249 e. The number of unbranched alkanes of at least 4 members (excludes halogenated alkanes) is 6. The summed E-state index contributed by atoms with van der Waals surface area (Å²) in [6, 6.07) is 0. The molecule has 0 bridgehead atoms. The van der Waals surface area contributed by atoms with E-state index in [0.29, 0.717) is 0 Å². The maximum atomic E-state index is 8.44. The van der Waals surface area contributed by atoms with Gasteiger partial charge in [-0.05, 0) is 12.8 Å². The van der Waals surface area contributed by atoms with Crippen molar-refractivity contribution in [3.8, 4) is 0 Å². The lowest BCUT2D eigenvalue weighted by Gasteiger charge is -2.23. The number of nitrogens with zero attached hydrogens (tertiary/aromatic N) is 1. The first-order chi connectivity index (χ1) is 7.79. The van der Waals surface area contributed by atoms with Crippen LogP contribution in [0.4, 0.5) is 4.79 Å². The van der Waals surface area contributed by atoms with Crippen molar-refractivity contribution < 1.29 is 19.5 Å². The summed E-state index contributed by atoms with van der Waals surface area (Å²) >= 11 is 0. The van der Waals surface area contributed by atoms with Crippen LogP contribution in [-0.4, -0.2) is 43.4 Å². The van der Waals surface area contributed by atoms with Gasteiger partial charge in [-0.3, -0.25) is 0 Å². The number of quaternary nitrogens is 1. The molecule has 4 heteroatoms. The van der Waals surface area contributed by atoms with Crippen LogP contribution in [0.15, 0.2) is 0 Å². The van der Waals surface area contributed by atoms with E-state index in [1.807, 2.05) is 0 Å². The summed E-state index contributed by atoms with van der Waals surface area (Å²) in [6.45, 7) is 3.60. The molecule has 0 heterocycles. The molecular formula is C13H29NO3. The Hall–Kier alpha value is -0.770. The molecule has 104 valence electrons. The first kappa shape index (κ1) is 18.6. The average molecular weight is 247 g/mol. The zero-order chi connectivity index (χ0) is 13.7. The van der Waals surface area contributed by atoms with Gasteiger partial charge in [-0.25, -0.2) is 0 Å². The topological polar surface area (TPSA) is 60.4 Å². The van der Waals surface area contributed by atoms with Gasteiger partial charge in [0.1, 0.15) is 0 Å². The van der Waals surface area contributed by atoms with Crippen molar-refractivity contribution in [2.24, 2.45) is 0 Å². The summed E-state index contributed by atoms with van der Waals surface area (Å²) in [5.41, 5.74) is 0. The molecule has 0 saturated carbocycles. The molecule has 0 unspecified atom stereocenters. The number of carbonyl (C=O) groups is 1. The van der Waals surface area contributed by atoms with Gasteiger partial charge in [0.2, 0.25) is 6.16 Å². The lowest BCUT2D eigenvalue weighted by atomic mass is 10.1. The van der Waals surface area contributed by atoms with Gasteiger partial charge in [0.25, 0.3) is 0 Å². The van der Waals surface area contributed by atoms with Crippen LogP contribution in [-0.2, 0) is 0 Å². The standard InChI is InChI=1S/C12H28N.CH2O3/c1-5-6-7-8-9-10-11-12-13(2,3)4;2-1(3)4/h5-12H2,1-4H3;(H2,2,3,4)/q+1;/p-1. The molecule has 17 heavy (non-hydrogen) atoms. The highest BCUT2D eigenvalue weighted by atomic mass is 16.6. The summed E-state index contributed by atoms with van der Waals surface area (Å²) in [5, 5.41) is 15.3. The zero-order valence-corrected chi connectivity index (χ0v) is 11.9. The summed E-state index contributed by atoms with van der Waals surface area (Å²) in [6.07, 6.45) is 7.87. The molecule has 0 saturated heterocycles. The molecule has 0 atom stereocenters. The lowest BCUT2D eigenvalue weighted by molar-refractivity contribution is -0.870. The van der Waals surface area contributed by atoms with E-state index in [1.165, 1.54) is 51.5 Å². The Kier molecular flexibility index (Phi) is 12.8. The second-order valence-electron chi connectivity index (χ2n) is 5.40. The zero-order valence-electron chi connectivity index (χ0n) is 11.9. The third-order valence-corrected chi connectivity index (χ3v) is 2.43. The highest BCUT2D eigenvalue weighted by Crippen LogP contribution is 2.07. The SMILES string of the molecule is CCCCCCCCC[N+](C)(C)C.O=C([O-])O. The fraction of sp³-hybridized carbons (Fsp3) is 0.923. The minimum absolute atomic E-state index is 1.12. The van der Waals surface area contributed by atoms with E-state index in [0.717, 1.165) is 4.48 Å². The molecule has 0 aliphatic rings. The molecule has 1 N–H and O–H groups in total. The van der Waals surface area contributed by atoms with Gasteiger partial charge in [-0.1, -0.05) is 39.0 Å². The van der Waals surface area contributed by atoms with Crippen LogP contribution >= 0.6 is 0 Å². The Balaban J connectivity index is 0. The summed E-state index contributed by atoms with van der Waals surface area (Å²) in [7, 11) is 6.82. The molecule has 0 radical (unpaired) electrons. The number of carboxylic acid groups (broad SMARTS) is 2. The fourth-order valence-electron chi connectivity index (χ4n) is 1.54. The molecule has 0 aliphatic carbocycles. The minimum atomic E-state index is -2.08. The van der Waals surface area contributed by atoms with Crippen LogP contribution in [0.1, 0.15) is 51.9 Å². The molecule has 0 aliphatic heterocycles. The minimum Gasteiger partial charge on any atom is -0.565 e. The Morgan fingerprint density at radius 2 is 1.35 bits per heavy atom. The van der Waals surface area contributed by atoms with Crippen LogP contribution < -0.4 is 5.11 Å². The van der Waals surface area contributed by atoms with Gasteiger partial charge in [0.15, 0.2) is 0 Å². The van der Waals surface area contributed by atoms with E-state index in [2.05, 4.69) is 28.1 Å². The normalized spacial score (nSPS) is 10.6. The van der Waals surface area contributed by atoms with Gasteiger partial charge in [0.05, 0.1) is 27.7 Å². The Labute approximate surface area is 106 Å². The van der Waals surface area contributed by atoms with E-state index >= 15 is 0 Å². The maximum absolute atomic E-state index is 8.44. The molecule has 0 amide bonds. The Morgan fingerprint density at radius 1 is 1.00 bits per heavy atom. The fourth-order valence-corrected chi connectivity index (χ4v) is 1.54. The van der Waals surface area contributed by atoms with Crippen LogP contribution in [0.3, 0.4) is 0 Å². The smallest absolute Gasteiger partial charge is 0.249 e. The number of hydrogen-bond donors (Lipinski definition) is 1. The molecular weight excluding hydrogens is 218 g/mol. The summed E-state index contributed by atoms with van der Waals surface area (Å²) in [5.74, 6) is 0.